The van der Waals surface area contributed by atoms with E-state index in [1.54, 1.807) is 0 Å². The van der Waals surface area contributed by atoms with Crippen molar-refractivity contribution in [3.8, 4) is 11.5 Å². The van der Waals surface area contributed by atoms with Crippen molar-refractivity contribution >= 4 is 5.69 Å². The normalized spacial score (nSPS) is 11.6. The monoisotopic (exact) mass is 274 g/mol. The third-order valence-electron chi connectivity index (χ3n) is 2.78. The van der Waals surface area contributed by atoms with Crippen LogP contribution in [0.1, 0.15) is 26.6 Å². The fraction of sp³-hybridized carbons (Fsp3) is 0.467. The zero-order chi connectivity index (χ0) is 14.6. The summed E-state index contributed by atoms with van der Waals surface area (Å²) in [7, 11) is 0. The molecule has 0 aliphatic carbocycles. The van der Waals surface area contributed by atoms with Crippen LogP contribution in [0.25, 0.3) is 11.5 Å². The quantitative estimate of drug-likeness (QED) is 0.821. The molecule has 2 aromatic rings. The van der Waals surface area contributed by atoms with Gasteiger partial charge in [-0.15, -0.1) is 0 Å². The summed E-state index contributed by atoms with van der Waals surface area (Å²) in [6.07, 6.45) is 0. The summed E-state index contributed by atoms with van der Waals surface area (Å²) in [5, 5.41) is 10.7. The van der Waals surface area contributed by atoms with Crippen molar-refractivity contribution in [2.45, 2.75) is 33.2 Å². The van der Waals surface area contributed by atoms with Crippen molar-refractivity contribution in [1.29, 1.82) is 0 Å². The Labute approximate surface area is 119 Å². The molecule has 2 rings (SSSR count). The summed E-state index contributed by atoms with van der Waals surface area (Å²) < 4.78 is 5.23. The molecule has 0 unspecified atom stereocenters. The Balaban J connectivity index is 2.02. The predicted octanol–water partition coefficient (Wildman–Crippen LogP) is 2.85. The van der Waals surface area contributed by atoms with E-state index in [4.69, 9.17) is 4.52 Å². The van der Waals surface area contributed by atoms with E-state index in [2.05, 4.69) is 41.5 Å². The first-order valence-electron chi connectivity index (χ1n) is 6.84. The largest absolute Gasteiger partial charge is 0.383 e. The van der Waals surface area contributed by atoms with Crippen molar-refractivity contribution in [1.82, 2.24) is 15.5 Å². The highest BCUT2D eigenvalue weighted by molar-refractivity contribution is 5.72. The molecule has 0 atom stereocenters. The molecule has 0 saturated heterocycles. The lowest BCUT2D eigenvalue weighted by molar-refractivity contribution is 0.425. The number of anilines is 1. The molecular weight excluding hydrogens is 252 g/mol. The van der Waals surface area contributed by atoms with Gasteiger partial charge in [0.25, 0.3) is 5.89 Å². The van der Waals surface area contributed by atoms with Gasteiger partial charge in [-0.2, -0.15) is 4.98 Å². The maximum atomic E-state index is 5.23. The van der Waals surface area contributed by atoms with Crippen LogP contribution in [0.15, 0.2) is 28.8 Å². The lowest BCUT2D eigenvalue weighted by Crippen LogP contribution is -2.38. The maximum Gasteiger partial charge on any atom is 0.260 e. The van der Waals surface area contributed by atoms with Crippen molar-refractivity contribution in [3.63, 3.8) is 0 Å². The first kappa shape index (κ1) is 14.5. The summed E-state index contributed by atoms with van der Waals surface area (Å²) in [4.78, 5) is 4.28. The Kier molecular flexibility index (Phi) is 4.39. The van der Waals surface area contributed by atoms with E-state index in [1.165, 1.54) is 0 Å². The first-order chi connectivity index (χ1) is 9.46. The highest BCUT2D eigenvalue weighted by Gasteiger charge is 2.11. The number of aryl methyl sites for hydroxylation is 1. The van der Waals surface area contributed by atoms with Crippen LogP contribution in [-0.4, -0.2) is 28.8 Å². The molecule has 1 heterocycles. The third-order valence-corrected chi connectivity index (χ3v) is 2.78. The van der Waals surface area contributed by atoms with E-state index >= 15 is 0 Å². The van der Waals surface area contributed by atoms with Crippen LogP contribution in [0.2, 0.25) is 0 Å². The second kappa shape index (κ2) is 6.05. The molecule has 0 radical (unpaired) electrons. The van der Waals surface area contributed by atoms with E-state index in [9.17, 15) is 0 Å². The fourth-order valence-electron chi connectivity index (χ4n) is 1.86. The van der Waals surface area contributed by atoms with Crippen LogP contribution in [0.4, 0.5) is 5.69 Å². The molecule has 2 N–H and O–H groups in total. The molecule has 1 aromatic heterocycles. The van der Waals surface area contributed by atoms with Gasteiger partial charge in [0.05, 0.1) is 5.56 Å². The molecule has 0 saturated carbocycles. The Morgan fingerprint density at radius 3 is 2.55 bits per heavy atom. The van der Waals surface area contributed by atoms with Crippen molar-refractivity contribution < 1.29 is 4.52 Å². The highest BCUT2D eigenvalue weighted by Crippen LogP contribution is 2.25. The van der Waals surface area contributed by atoms with Crippen LogP contribution < -0.4 is 10.6 Å². The molecule has 0 aliphatic rings. The number of hydrogen-bond donors (Lipinski definition) is 2. The smallest absolute Gasteiger partial charge is 0.260 e. The van der Waals surface area contributed by atoms with Crippen LogP contribution in [0, 0.1) is 6.92 Å². The second-order valence-electron chi connectivity index (χ2n) is 5.80. The first-order valence-corrected chi connectivity index (χ1v) is 6.84. The summed E-state index contributed by atoms with van der Waals surface area (Å²) >= 11 is 0. The summed E-state index contributed by atoms with van der Waals surface area (Å²) in [5.74, 6) is 1.19. The molecule has 0 fully saturated rings. The standard InChI is InChI=1S/C15H22N4O/c1-11-18-14(20-19-11)12-7-5-6-8-13(12)16-9-10-17-15(2,3)4/h5-8,16-17H,9-10H2,1-4H3. The van der Waals surface area contributed by atoms with E-state index < -0.39 is 0 Å². The van der Waals surface area contributed by atoms with Crippen molar-refractivity contribution in [2.24, 2.45) is 0 Å². The minimum Gasteiger partial charge on any atom is -0.383 e. The van der Waals surface area contributed by atoms with E-state index in [0.29, 0.717) is 11.7 Å². The van der Waals surface area contributed by atoms with Gasteiger partial charge in [0, 0.05) is 24.3 Å². The van der Waals surface area contributed by atoms with Crippen LogP contribution >= 0.6 is 0 Å². The Bertz CT molecular complexity index is 557. The molecule has 1 aromatic carbocycles. The van der Waals surface area contributed by atoms with Gasteiger partial charge in [-0.25, -0.2) is 0 Å². The number of para-hydroxylation sites is 1. The Morgan fingerprint density at radius 1 is 1.15 bits per heavy atom. The average Bonchev–Trinajstić information content (AvgIpc) is 2.81. The second-order valence-corrected chi connectivity index (χ2v) is 5.80. The molecule has 0 amide bonds. The van der Waals surface area contributed by atoms with Gasteiger partial charge in [-0.3, -0.25) is 0 Å². The number of nitrogens with one attached hydrogen (secondary N) is 2. The number of nitrogens with zero attached hydrogens (tertiary/aromatic N) is 2. The molecule has 5 nitrogen and oxygen atoms in total. The molecule has 0 bridgehead atoms. The zero-order valence-electron chi connectivity index (χ0n) is 12.5. The van der Waals surface area contributed by atoms with E-state index in [0.717, 1.165) is 24.3 Å². The molecular formula is C15H22N4O. The van der Waals surface area contributed by atoms with E-state index in [-0.39, 0.29) is 5.54 Å². The topological polar surface area (TPSA) is 63.0 Å². The lowest BCUT2D eigenvalue weighted by Gasteiger charge is -2.21. The maximum absolute atomic E-state index is 5.23. The summed E-state index contributed by atoms with van der Waals surface area (Å²) in [6.45, 7) is 10.0. The Morgan fingerprint density at radius 2 is 1.90 bits per heavy atom. The van der Waals surface area contributed by atoms with Gasteiger partial charge < -0.3 is 15.2 Å². The molecule has 0 spiro atoms. The third kappa shape index (κ3) is 4.06. The summed E-state index contributed by atoms with van der Waals surface area (Å²) in [6, 6.07) is 7.96. The molecule has 0 aliphatic heterocycles. The van der Waals surface area contributed by atoms with Crippen LogP contribution in [0.5, 0.6) is 0 Å². The van der Waals surface area contributed by atoms with Gasteiger partial charge in [-0.1, -0.05) is 17.3 Å². The number of hydrogen-bond acceptors (Lipinski definition) is 5. The average molecular weight is 274 g/mol. The van der Waals surface area contributed by atoms with Gasteiger partial charge >= 0.3 is 0 Å². The molecule has 5 heteroatoms. The molecule has 108 valence electrons. The number of benzene rings is 1. The number of aromatic nitrogens is 2. The van der Waals surface area contributed by atoms with Gasteiger partial charge in [0.15, 0.2) is 5.82 Å². The van der Waals surface area contributed by atoms with Crippen LogP contribution in [-0.2, 0) is 0 Å². The minimum atomic E-state index is 0.130. The van der Waals surface area contributed by atoms with Gasteiger partial charge in [-0.05, 0) is 39.8 Å². The SMILES string of the molecule is Cc1noc(-c2ccccc2NCCNC(C)(C)C)n1. The van der Waals surface area contributed by atoms with E-state index in [1.807, 2.05) is 31.2 Å². The number of rotatable bonds is 5. The van der Waals surface area contributed by atoms with Gasteiger partial charge in [0.1, 0.15) is 0 Å². The predicted molar refractivity (Wildman–Crippen MR) is 80.7 cm³/mol. The van der Waals surface area contributed by atoms with Crippen LogP contribution in [0.3, 0.4) is 0 Å². The van der Waals surface area contributed by atoms with Crippen molar-refractivity contribution in [2.75, 3.05) is 18.4 Å². The minimum absolute atomic E-state index is 0.130. The van der Waals surface area contributed by atoms with Crippen molar-refractivity contribution in [3.05, 3.63) is 30.1 Å². The Hall–Kier alpha value is -1.88. The van der Waals surface area contributed by atoms with Gasteiger partial charge in [0.2, 0.25) is 0 Å². The fourth-order valence-corrected chi connectivity index (χ4v) is 1.86. The summed E-state index contributed by atoms with van der Waals surface area (Å²) in [5.41, 5.74) is 2.07. The molecule has 20 heavy (non-hydrogen) atoms. The zero-order valence-corrected chi connectivity index (χ0v) is 12.5. The highest BCUT2D eigenvalue weighted by atomic mass is 16.5. The lowest BCUT2D eigenvalue weighted by atomic mass is 10.1.